The third-order valence-corrected chi connectivity index (χ3v) is 5.99. The van der Waals surface area contributed by atoms with Crippen molar-refractivity contribution in [1.29, 1.82) is 0 Å². The third kappa shape index (κ3) is 5.73. The molecule has 0 saturated heterocycles. The minimum Gasteiger partial charge on any atom is -0.357 e. The summed E-state index contributed by atoms with van der Waals surface area (Å²) in [5.74, 6) is 1.70. The molecule has 0 aromatic carbocycles. The Kier molecular flexibility index (Phi) is 6.94. The molecule has 26 heavy (non-hydrogen) atoms. The molecule has 6 heteroatoms. The Balaban J connectivity index is 1.52. The summed E-state index contributed by atoms with van der Waals surface area (Å²) in [6.45, 7) is 5.92. The van der Waals surface area contributed by atoms with Gasteiger partial charge in [-0.3, -0.25) is 9.79 Å². The van der Waals surface area contributed by atoms with E-state index in [2.05, 4.69) is 46.6 Å². The molecule has 1 amide bonds. The van der Waals surface area contributed by atoms with Crippen LogP contribution in [0.3, 0.4) is 0 Å². The quantitative estimate of drug-likeness (QED) is 0.506. The highest BCUT2D eigenvalue weighted by Crippen LogP contribution is 2.27. The molecule has 0 radical (unpaired) electrons. The number of nitrogens with zero attached hydrogens (tertiary/aromatic N) is 1. The summed E-state index contributed by atoms with van der Waals surface area (Å²) < 4.78 is 0. The summed E-state index contributed by atoms with van der Waals surface area (Å²) in [7, 11) is 0. The number of thiophene rings is 1. The first-order valence-corrected chi connectivity index (χ1v) is 11.0. The molecular weight excluding hydrogens is 344 g/mol. The Morgan fingerprint density at radius 2 is 2.12 bits per heavy atom. The van der Waals surface area contributed by atoms with Gasteiger partial charge >= 0.3 is 0 Å². The topological polar surface area (TPSA) is 65.5 Å². The summed E-state index contributed by atoms with van der Waals surface area (Å²) >= 11 is 1.73. The predicted octanol–water partition coefficient (Wildman–Crippen LogP) is 3.24. The first kappa shape index (κ1) is 19.2. The van der Waals surface area contributed by atoms with E-state index in [1.165, 1.54) is 5.56 Å². The van der Waals surface area contributed by atoms with E-state index in [-0.39, 0.29) is 11.8 Å². The molecule has 1 aromatic rings. The van der Waals surface area contributed by atoms with Crippen LogP contribution >= 0.6 is 11.3 Å². The van der Waals surface area contributed by atoms with Gasteiger partial charge in [0, 0.05) is 37.0 Å². The van der Waals surface area contributed by atoms with E-state index in [0.29, 0.717) is 18.0 Å². The number of carbonyl (C=O) groups excluding carboxylic acids is 1. The lowest BCUT2D eigenvalue weighted by Crippen LogP contribution is -2.47. The number of amides is 1. The van der Waals surface area contributed by atoms with Gasteiger partial charge in [0.25, 0.3) is 0 Å². The molecule has 1 aromatic heterocycles. The molecule has 144 valence electrons. The van der Waals surface area contributed by atoms with E-state index in [0.717, 1.165) is 57.6 Å². The Labute approximate surface area is 161 Å². The minimum absolute atomic E-state index is 0.148. The van der Waals surface area contributed by atoms with E-state index in [1.807, 2.05) is 0 Å². The number of hydrogen-bond acceptors (Lipinski definition) is 3. The van der Waals surface area contributed by atoms with Crippen molar-refractivity contribution < 1.29 is 4.79 Å². The van der Waals surface area contributed by atoms with Crippen molar-refractivity contribution in [2.45, 2.75) is 70.4 Å². The average molecular weight is 377 g/mol. The van der Waals surface area contributed by atoms with Gasteiger partial charge in [0.1, 0.15) is 0 Å². The van der Waals surface area contributed by atoms with Crippen molar-refractivity contribution >= 4 is 23.2 Å². The maximum absolute atomic E-state index is 12.4. The lowest BCUT2D eigenvalue weighted by molar-refractivity contribution is -0.126. The van der Waals surface area contributed by atoms with Gasteiger partial charge in [0.15, 0.2) is 5.96 Å². The van der Waals surface area contributed by atoms with E-state index >= 15 is 0 Å². The van der Waals surface area contributed by atoms with Crippen molar-refractivity contribution in [2.24, 2.45) is 10.9 Å². The molecule has 5 nitrogen and oxygen atoms in total. The molecule has 0 spiro atoms. The van der Waals surface area contributed by atoms with Gasteiger partial charge in [-0.05, 0) is 61.4 Å². The molecule has 2 aliphatic carbocycles. The molecule has 3 rings (SSSR count). The van der Waals surface area contributed by atoms with Crippen molar-refractivity contribution in [3.8, 4) is 0 Å². The highest BCUT2D eigenvalue weighted by Gasteiger charge is 2.31. The lowest BCUT2D eigenvalue weighted by atomic mass is 9.85. The summed E-state index contributed by atoms with van der Waals surface area (Å²) in [6, 6.07) is 2.95. The van der Waals surface area contributed by atoms with Gasteiger partial charge in [-0.1, -0.05) is 13.3 Å². The zero-order chi connectivity index (χ0) is 18.4. The Morgan fingerprint density at radius 3 is 2.81 bits per heavy atom. The van der Waals surface area contributed by atoms with E-state index in [9.17, 15) is 4.79 Å². The molecule has 2 fully saturated rings. The van der Waals surface area contributed by atoms with Crippen molar-refractivity contribution in [2.75, 3.05) is 13.1 Å². The fraction of sp³-hybridized carbons (Fsp3) is 0.700. The third-order valence-electron chi connectivity index (χ3n) is 5.29. The molecule has 0 bridgehead atoms. The summed E-state index contributed by atoms with van der Waals surface area (Å²) in [5, 5.41) is 14.4. The normalized spacial score (nSPS) is 24.8. The van der Waals surface area contributed by atoms with Crippen LogP contribution in [0.5, 0.6) is 0 Å². The smallest absolute Gasteiger partial charge is 0.223 e. The van der Waals surface area contributed by atoms with Crippen molar-refractivity contribution in [1.82, 2.24) is 16.0 Å². The Hall–Kier alpha value is -1.56. The SMILES string of the molecule is CCNC(=NCC(C)c1ccsc1)NC1CCCC(C(=O)NC2CC2)C1. The van der Waals surface area contributed by atoms with E-state index < -0.39 is 0 Å². The summed E-state index contributed by atoms with van der Waals surface area (Å²) in [4.78, 5) is 17.2. The fourth-order valence-electron chi connectivity index (χ4n) is 3.51. The first-order chi connectivity index (χ1) is 12.7. The zero-order valence-corrected chi connectivity index (χ0v) is 16.8. The van der Waals surface area contributed by atoms with Crippen LogP contribution in [0.15, 0.2) is 21.8 Å². The number of nitrogens with one attached hydrogen (secondary N) is 3. The average Bonchev–Trinajstić information content (AvgIpc) is 3.28. The highest BCUT2D eigenvalue weighted by molar-refractivity contribution is 7.07. The van der Waals surface area contributed by atoms with Crippen molar-refractivity contribution in [3.63, 3.8) is 0 Å². The van der Waals surface area contributed by atoms with Gasteiger partial charge in [-0.15, -0.1) is 0 Å². The van der Waals surface area contributed by atoms with Gasteiger partial charge in [-0.2, -0.15) is 11.3 Å². The molecule has 2 aliphatic rings. The molecule has 0 aliphatic heterocycles. The molecule has 1 heterocycles. The number of carbonyl (C=O) groups is 1. The molecular formula is C20H32N4OS. The number of guanidine groups is 1. The van der Waals surface area contributed by atoms with Crippen LogP contribution in [0.2, 0.25) is 0 Å². The van der Waals surface area contributed by atoms with Crippen LogP contribution < -0.4 is 16.0 Å². The van der Waals surface area contributed by atoms with Crippen LogP contribution in [0.1, 0.15) is 63.9 Å². The number of aliphatic imine (C=N–C) groups is 1. The molecule has 3 unspecified atom stereocenters. The van der Waals surface area contributed by atoms with Crippen LogP contribution in [-0.2, 0) is 4.79 Å². The van der Waals surface area contributed by atoms with Crippen molar-refractivity contribution in [3.05, 3.63) is 22.4 Å². The highest BCUT2D eigenvalue weighted by atomic mass is 32.1. The first-order valence-electron chi connectivity index (χ1n) is 10.0. The standard InChI is InChI=1S/C20H32N4OS/c1-3-21-20(22-12-14(2)16-9-10-26-13-16)24-18-6-4-5-15(11-18)19(25)23-17-7-8-17/h9-10,13-15,17-18H,3-8,11-12H2,1-2H3,(H,23,25)(H2,21,22,24). The van der Waals surface area contributed by atoms with Gasteiger partial charge < -0.3 is 16.0 Å². The second kappa shape index (κ2) is 9.40. The lowest BCUT2D eigenvalue weighted by Gasteiger charge is -2.30. The second-order valence-electron chi connectivity index (χ2n) is 7.67. The van der Waals surface area contributed by atoms with Crippen LogP contribution in [0, 0.1) is 5.92 Å². The van der Waals surface area contributed by atoms with E-state index in [4.69, 9.17) is 4.99 Å². The van der Waals surface area contributed by atoms with Crippen LogP contribution in [0.25, 0.3) is 0 Å². The van der Waals surface area contributed by atoms with Crippen LogP contribution in [0.4, 0.5) is 0 Å². The summed E-state index contributed by atoms with van der Waals surface area (Å²) in [6.07, 6.45) is 6.44. The Morgan fingerprint density at radius 1 is 1.27 bits per heavy atom. The maximum Gasteiger partial charge on any atom is 0.223 e. The zero-order valence-electron chi connectivity index (χ0n) is 16.0. The van der Waals surface area contributed by atoms with Gasteiger partial charge in [0.2, 0.25) is 5.91 Å². The van der Waals surface area contributed by atoms with Crippen LogP contribution in [-0.4, -0.2) is 37.0 Å². The minimum atomic E-state index is 0.148. The number of hydrogen-bond donors (Lipinski definition) is 3. The molecule has 2 saturated carbocycles. The van der Waals surface area contributed by atoms with E-state index in [1.54, 1.807) is 11.3 Å². The van der Waals surface area contributed by atoms with Gasteiger partial charge in [-0.25, -0.2) is 0 Å². The maximum atomic E-state index is 12.4. The second-order valence-corrected chi connectivity index (χ2v) is 8.45. The largest absolute Gasteiger partial charge is 0.357 e. The molecule has 3 N–H and O–H groups in total. The van der Waals surface area contributed by atoms with Gasteiger partial charge in [0.05, 0.1) is 0 Å². The Bertz CT molecular complexity index is 597. The predicted molar refractivity (Wildman–Crippen MR) is 109 cm³/mol. The number of rotatable bonds is 7. The summed E-state index contributed by atoms with van der Waals surface area (Å²) in [5.41, 5.74) is 1.35. The monoisotopic (exact) mass is 376 g/mol. The molecule has 3 atom stereocenters. The fourth-order valence-corrected chi connectivity index (χ4v) is 4.29.